The van der Waals surface area contributed by atoms with Crippen molar-refractivity contribution in [1.29, 1.82) is 0 Å². The lowest BCUT2D eigenvalue weighted by atomic mass is 10.0. The van der Waals surface area contributed by atoms with Crippen LogP contribution in [-0.2, 0) is 19.1 Å². The molecule has 12 nitrogen and oxygen atoms in total. The van der Waals surface area contributed by atoms with E-state index >= 15 is 0 Å². The number of thiophene rings is 1. The standard InChI is InChI=1S/C39H34BrN3O9S/c40-24-6-4-23(5-7-24)36-35(28-13-8-25(44)22-32(28)53-36)52-27-11-9-26(10-12-27)51-21-20-50-19-18-49-17-16-41-30-3-1-2-29-34(30)39(48)43(38(29)47)31-14-15-33(45)42-37(31)46/h1-13,22,31,41,44H,14-21H2,(H,42,45,46). The second kappa shape index (κ2) is 16.2. The third-order valence-electron chi connectivity index (χ3n) is 8.68. The molecule has 7 rings (SSSR count). The van der Waals surface area contributed by atoms with E-state index < -0.39 is 29.7 Å². The van der Waals surface area contributed by atoms with Gasteiger partial charge in [-0.2, -0.15) is 0 Å². The number of nitrogens with zero attached hydrogens (tertiary/aromatic N) is 1. The van der Waals surface area contributed by atoms with Crippen molar-refractivity contribution in [3.63, 3.8) is 0 Å². The molecule has 1 fully saturated rings. The molecule has 2 aliphatic heterocycles. The summed E-state index contributed by atoms with van der Waals surface area (Å²) < 4.78 is 25.4. The SMILES string of the molecule is O=C1CCC(N2C(=O)c3cccc(NCCOCCOCCOc4ccc(Oc5c(-c6ccc(Br)cc6)sc6cc(O)ccc56)cc4)c3C2=O)C(=O)N1. The molecule has 0 spiro atoms. The summed E-state index contributed by atoms with van der Waals surface area (Å²) in [6, 6.07) is 24.5. The molecule has 5 aromatic rings. The Bertz CT molecular complexity index is 2170. The number of benzene rings is 4. The highest BCUT2D eigenvalue weighted by atomic mass is 79.9. The minimum absolute atomic E-state index is 0.0613. The summed E-state index contributed by atoms with van der Waals surface area (Å²) in [6.45, 7) is 2.11. The summed E-state index contributed by atoms with van der Waals surface area (Å²) in [5.74, 6) is 0.0636. The number of hydrogen-bond acceptors (Lipinski definition) is 11. The van der Waals surface area contributed by atoms with Crippen molar-refractivity contribution in [2.24, 2.45) is 0 Å². The maximum atomic E-state index is 13.2. The Morgan fingerprint density at radius 2 is 1.58 bits per heavy atom. The van der Waals surface area contributed by atoms with Crippen molar-refractivity contribution in [1.82, 2.24) is 10.2 Å². The van der Waals surface area contributed by atoms with Crippen LogP contribution in [0.2, 0.25) is 0 Å². The van der Waals surface area contributed by atoms with Gasteiger partial charge in [-0.1, -0.05) is 34.1 Å². The number of anilines is 1. The van der Waals surface area contributed by atoms with E-state index in [1.165, 1.54) is 0 Å². The van der Waals surface area contributed by atoms with Crippen molar-refractivity contribution in [3.05, 3.63) is 101 Å². The van der Waals surface area contributed by atoms with Gasteiger partial charge in [-0.3, -0.25) is 29.4 Å². The van der Waals surface area contributed by atoms with Gasteiger partial charge in [0.1, 0.15) is 29.9 Å². The summed E-state index contributed by atoms with van der Waals surface area (Å²) in [5, 5.41) is 16.3. The Morgan fingerprint density at radius 1 is 0.849 bits per heavy atom. The number of hydrogen-bond donors (Lipinski definition) is 3. The number of nitrogens with one attached hydrogen (secondary N) is 2. The van der Waals surface area contributed by atoms with Gasteiger partial charge >= 0.3 is 0 Å². The van der Waals surface area contributed by atoms with Crippen LogP contribution < -0.4 is 20.1 Å². The number of carbonyl (C=O) groups excluding carboxylic acids is 4. The largest absolute Gasteiger partial charge is 0.508 e. The quantitative estimate of drug-likeness (QED) is 0.0766. The number of carbonyl (C=O) groups is 4. The van der Waals surface area contributed by atoms with Gasteiger partial charge in [0.05, 0.1) is 42.4 Å². The molecule has 0 aliphatic carbocycles. The van der Waals surface area contributed by atoms with Crippen LogP contribution >= 0.6 is 27.3 Å². The molecule has 3 heterocycles. The van der Waals surface area contributed by atoms with E-state index in [1.807, 2.05) is 54.6 Å². The number of piperidine rings is 1. The lowest BCUT2D eigenvalue weighted by Crippen LogP contribution is -2.54. The number of fused-ring (bicyclic) bond motifs is 2. The average Bonchev–Trinajstić information content (AvgIpc) is 3.63. The zero-order chi connectivity index (χ0) is 36.9. The lowest BCUT2D eigenvalue weighted by Gasteiger charge is -2.27. The van der Waals surface area contributed by atoms with E-state index in [0.717, 1.165) is 35.6 Å². The van der Waals surface area contributed by atoms with E-state index in [1.54, 1.807) is 41.7 Å². The third-order valence-corrected chi connectivity index (χ3v) is 10.4. The van der Waals surface area contributed by atoms with Gasteiger partial charge in [-0.15, -0.1) is 11.3 Å². The predicted molar refractivity (Wildman–Crippen MR) is 202 cm³/mol. The minimum atomic E-state index is -1.02. The molecule has 1 unspecified atom stereocenters. The number of imide groups is 2. The van der Waals surface area contributed by atoms with Crippen LogP contribution in [0.15, 0.2) is 89.4 Å². The Kier molecular flexibility index (Phi) is 11.0. The third kappa shape index (κ3) is 8.05. The summed E-state index contributed by atoms with van der Waals surface area (Å²) in [6.07, 6.45) is 0.160. The van der Waals surface area contributed by atoms with Crippen molar-refractivity contribution < 1.29 is 43.2 Å². The van der Waals surface area contributed by atoms with E-state index in [-0.39, 0.29) is 29.7 Å². The molecule has 0 bridgehead atoms. The van der Waals surface area contributed by atoms with Crippen LogP contribution in [0.3, 0.4) is 0 Å². The molecule has 0 radical (unpaired) electrons. The number of aromatic hydroxyl groups is 1. The second-order valence-electron chi connectivity index (χ2n) is 12.2. The smallest absolute Gasteiger partial charge is 0.264 e. The summed E-state index contributed by atoms with van der Waals surface area (Å²) in [4.78, 5) is 52.0. The van der Waals surface area contributed by atoms with Crippen molar-refractivity contribution in [2.75, 3.05) is 44.9 Å². The van der Waals surface area contributed by atoms with E-state index in [9.17, 15) is 24.3 Å². The van der Waals surface area contributed by atoms with Crippen molar-refractivity contribution in [2.45, 2.75) is 18.9 Å². The fourth-order valence-electron chi connectivity index (χ4n) is 6.14. The van der Waals surface area contributed by atoms with Gasteiger partial charge in [0, 0.05) is 33.2 Å². The topological polar surface area (TPSA) is 153 Å². The highest BCUT2D eigenvalue weighted by molar-refractivity contribution is 9.10. The highest BCUT2D eigenvalue weighted by Gasteiger charge is 2.45. The Morgan fingerprint density at radius 3 is 2.36 bits per heavy atom. The Labute approximate surface area is 316 Å². The average molecular weight is 801 g/mol. The van der Waals surface area contributed by atoms with Crippen LogP contribution in [-0.4, -0.2) is 79.3 Å². The molecule has 3 N–H and O–H groups in total. The first-order chi connectivity index (χ1) is 25.8. The number of phenolic OH excluding ortho intramolecular Hbond substituents is 1. The number of amides is 4. The molecule has 2 aliphatic rings. The van der Waals surface area contributed by atoms with E-state index in [0.29, 0.717) is 56.8 Å². The molecular weight excluding hydrogens is 766 g/mol. The Balaban J connectivity index is 0.822. The van der Waals surface area contributed by atoms with Crippen LogP contribution in [0.1, 0.15) is 33.6 Å². The predicted octanol–water partition coefficient (Wildman–Crippen LogP) is 6.75. The van der Waals surface area contributed by atoms with Crippen LogP contribution in [0, 0.1) is 0 Å². The molecule has 14 heteroatoms. The second-order valence-corrected chi connectivity index (χ2v) is 14.2. The van der Waals surface area contributed by atoms with Gasteiger partial charge in [-0.25, -0.2) is 0 Å². The minimum Gasteiger partial charge on any atom is -0.508 e. The molecule has 272 valence electrons. The van der Waals surface area contributed by atoms with Gasteiger partial charge in [0.25, 0.3) is 11.8 Å². The normalized spacial score (nSPS) is 15.5. The lowest BCUT2D eigenvalue weighted by molar-refractivity contribution is -0.136. The molecular formula is C39H34BrN3O9S. The molecule has 1 aromatic heterocycles. The fourth-order valence-corrected chi connectivity index (χ4v) is 7.57. The first-order valence-electron chi connectivity index (χ1n) is 16.9. The monoisotopic (exact) mass is 799 g/mol. The fraction of sp³-hybridized carbons (Fsp3) is 0.231. The van der Waals surface area contributed by atoms with E-state index in [4.69, 9.17) is 18.9 Å². The number of halogens is 1. The first kappa shape index (κ1) is 36.1. The molecule has 1 saturated heterocycles. The molecule has 1 atom stereocenters. The van der Waals surface area contributed by atoms with Crippen LogP contribution in [0.25, 0.3) is 20.5 Å². The van der Waals surface area contributed by atoms with Crippen LogP contribution in [0.5, 0.6) is 23.0 Å². The summed E-state index contributed by atoms with van der Waals surface area (Å²) in [5.41, 5.74) is 1.90. The maximum absolute atomic E-state index is 13.2. The van der Waals surface area contributed by atoms with Gasteiger partial charge < -0.3 is 29.4 Å². The molecule has 0 saturated carbocycles. The van der Waals surface area contributed by atoms with Crippen LogP contribution in [0.4, 0.5) is 5.69 Å². The first-order valence-corrected chi connectivity index (χ1v) is 18.5. The van der Waals surface area contributed by atoms with Gasteiger partial charge in [-0.05, 0) is 78.7 Å². The van der Waals surface area contributed by atoms with Gasteiger partial charge in [0.2, 0.25) is 11.8 Å². The number of phenols is 1. The maximum Gasteiger partial charge on any atom is 0.264 e. The van der Waals surface area contributed by atoms with E-state index in [2.05, 4.69) is 26.6 Å². The van der Waals surface area contributed by atoms with Crippen molar-refractivity contribution >= 4 is 66.7 Å². The highest BCUT2D eigenvalue weighted by Crippen LogP contribution is 2.47. The summed E-state index contributed by atoms with van der Waals surface area (Å²) in [7, 11) is 0. The summed E-state index contributed by atoms with van der Waals surface area (Å²) >= 11 is 5.05. The zero-order valence-corrected chi connectivity index (χ0v) is 30.7. The number of rotatable bonds is 15. The zero-order valence-electron chi connectivity index (χ0n) is 28.3. The number of ether oxygens (including phenoxy) is 4. The van der Waals surface area contributed by atoms with Gasteiger partial charge in [0.15, 0.2) is 5.75 Å². The molecule has 53 heavy (non-hydrogen) atoms. The van der Waals surface area contributed by atoms with Crippen molar-refractivity contribution in [3.8, 4) is 33.4 Å². The molecule has 4 aromatic carbocycles. The molecule has 4 amide bonds. The Hall–Kier alpha value is -5.28.